The number of aliphatic hydroxyl groups is 1. The van der Waals surface area contributed by atoms with E-state index in [1.165, 1.54) is 5.57 Å². The lowest BCUT2D eigenvalue weighted by molar-refractivity contribution is 0.288. The molecule has 0 aromatic heterocycles. The quantitative estimate of drug-likeness (QED) is 0.514. The maximum absolute atomic E-state index is 8.66. The molecule has 0 aromatic carbocycles. The highest BCUT2D eigenvalue weighted by molar-refractivity contribution is 6.76. The van der Waals surface area contributed by atoms with Gasteiger partial charge in [0.15, 0.2) is 0 Å². The molecule has 0 aliphatic carbocycles. The topological polar surface area (TPSA) is 20.2 Å². The predicted molar refractivity (Wildman–Crippen MR) is 57.1 cm³/mol. The summed E-state index contributed by atoms with van der Waals surface area (Å²) in [5, 5.41) is 8.66. The summed E-state index contributed by atoms with van der Waals surface area (Å²) in [5.74, 6) is 0. The third kappa shape index (κ3) is 6.41. The zero-order valence-electron chi connectivity index (χ0n) is 8.48. The average molecular weight is 184 g/mol. The van der Waals surface area contributed by atoms with E-state index in [1.807, 2.05) is 0 Å². The van der Waals surface area contributed by atoms with Crippen molar-refractivity contribution in [1.82, 2.24) is 0 Å². The molecule has 0 spiro atoms. The van der Waals surface area contributed by atoms with Gasteiger partial charge >= 0.3 is 0 Å². The smallest absolute Gasteiger partial charge is 0.0490 e. The fraction of sp³-hybridized carbons (Fsp3) is 0.700. The van der Waals surface area contributed by atoms with Crippen molar-refractivity contribution in [3.8, 4) is 0 Å². The first kappa shape index (κ1) is 11.7. The molecule has 1 nitrogen and oxygen atoms in total. The van der Waals surface area contributed by atoms with Crippen LogP contribution >= 0.6 is 0 Å². The van der Waals surface area contributed by atoms with Gasteiger partial charge in [-0.1, -0.05) is 26.2 Å². The van der Waals surface area contributed by atoms with Crippen LogP contribution < -0.4 is 0 Å². The minimum atomic E-state index is -1.01. The van der Waals surface area contributed by atoms with Gasteiger partial charge < -0.3 is 5.11 Å². The molecule has 70 valence electrons. The summed E-state index contributed by atoms with van der Waals surface area (Å²) in [7, 11) is -1.01. The van der Waals surface area contributed by atoms with Crippen molar-refractivity contribution in [3.63, 3.8) is 0 Å². The van der Waals surface area contributed by atoms with Gasteiger partial charge in [-0.2, -0.15) is 0 Å². The van der Waals surface area contributed by atoms with Gasteiger partial charge in [-0.05, 0) is 24.5 Å². The first-order valence-electron chi connectivity index (χ1n) is 4.48. The largest absolute Gasteiger partial charge is 0.396 e. The highest BCUT2D eigenvalue weighted by atomic mass is 28.3. The van der Waals surface area contributed by atoms with Gasteiger partial charge in [0.25, 0.3) is 0 Å². The van der Waals surface area contributed by atoms with Crippen LogP contribution in [0, 0.1) is 0 Å². The molecule has 0 radical (unpaired) electrons. The fourth-order valence-electron chi connectivity index (χ4n) is 1.17. The van der Waals surface area contributed by atoms with Crippen molar-refractivity contribution in [1.29, 1.82) is 0 Å². The molecule has 0 rings (SSSR count). The van der Waals surface area contributed by atoms with E-state index in [4.69, 9.17) is 5.11 Å². The Bertz CT molecular complexity index is 173. The summed E-state index contributed by atoms with van der Waals surface area (Å²) in [5.41, 5.74) is 4.28. The lowest BCUT2D eigenvalue weighted by atomic mass is 10.2. The Morgan fingerprint density at radius 2 is 2.00 bits per heavy atom. The number of hydrogen-bond acceptors (Lipinski definition) is 1. The lowest BCUT2D eigenvalue weighted by Gasteiger charge is -2.16. The zero-order chi connectivity index (χ0) is 9.61. The first-order valence-corrected chi connectivity index (χ1v) is 8.19. The molecule has 0 saturated carbocycles. The SMILES string of the molecule is C=C=C(CCCO)C[Si](C)(C)C. The fourth-order valence-corrected chi connectivity index (χ4v) is 2.75. The van der Waals surface area contributed by atoms with E-state index in [0.29, 0.717) is 0 Å². The van der Waals surface area contributed by atoms with Crippen molar-refractivity contribution < 1.29 is 5.11 Å². The Labute approximate surface area is 76.8 Å². The molecule has 0 saturated heterocycles. The molecule has 0 unspecified atom stereocenters. The molecular weight excluding hydrogens is 164 g/mol. The van der Waals surface area contributed by atoms with Crippen LogP contribution in [0.2, 0.25) is 25.7 Å². The summed E-state index contributed by atoms with van der Waals surface area (Å²) in [6.07, 6.45) is 1.81. The van der Waals surface area contributed by atoms with Gasteiger partial charge in [-0.3, -0.25) is 0 Å². The van der Waals surface area contributed by atoms with Crippen LogP contribution in [0.15, 0.2) is 17.9 Å². The molecule has 0 amide bonds. The molecule has 0 aliphatic heterocycles. The normalized spacial score (nSPS) is 11.0. The average Bonchev–Trinajstić information content (AvgIpc) is 1.95. The van der Waals surface area contributed by atoms with Gasteiger partial charge in [0, 0.05) is 14.7 Å². The Kier molecular flexibility index (Phi) is 5.23. The summed E-state index contributed by atoms with van der Waals surface area (Å²) < 4.78 is 0. The van der Waals surface area contributed by atoms with Crippen LogP contribution in [0.5, 0.6) is 0 Å². The van der Waals surface area contributed by atoms with Gasteiger partial charge in [0.2, 0.25) is 0 Å². The molecule has 0 aromatic rings. The molecule has 0 bridgehead atoms. The third-order valence-electron chi connectivity index (χ3n) is 1.63. The van der Waals surface area contributed by atoms with Crippen molar-refractivity contribution >= 4 is 8.07 Å². The summed E-state index contributed by atoms with van der Waals surface area (Å²) >= 11 is 0. The Balaban J connectivity index is 3.95. The maximum Gasteiger partial charge on any atom is 0.0490 e. The van der Waals surface area contributed by atoms with E-state index in [1.54, 1.807) is 0 Å². The highest BCUT2D eigenvalue weighted by Crippen LogP contribution is 2.18. The predicted octanol–water partition coefficient (Wildman–Crippen LogP) is 2.81. The Morgan fingerprint density at radius 3 is 2.33 bits per heavy atom. The number of allylic oxidation sites excluding steroid dienone is 1. The second-order valence-corrected chi connectivity index (χ2v) is 9.82. The monoisotopic (exact) mass is 184 g/mol. The molecule has 0 heterocycles. The molecule has 1 N–H and O–H groups in total. The molecule has 0 fully saturated rings. The molecule has 0 atom stereocenters. The Morgan fingerprint density at radius 1 is 1.42 bits per heavy atom. The van der Waals surface area contributed by atoms with Crippen LogP contribution in [0.25, 0.3) is 0 Å². The van der Waals surface area contributed by atoms with Gasteiger partial charge in [0.1, 0.15) is 0 Å². The van der Waals surface area contributed by atoms with Crippen molar-refractivity contribution in [3.05, 3.63) is 17.9 Å². The summed E-state index contributed by atoms with van der Waals surface area (Å²) in [4.78, 5) is 0. The van der Waals surface area contributed by atoms with Crippen LogP contribution in [-0.2, 0) is 0 Å². The van der Waals surface area contributed by atoms with E-state index in [9.17, 15) is 0 Å². The van der Waals surface area contributed by atoms with E-state index < -0.39 is 8.07 Å². The highest BCUT2D eigenvalue weighted by Gasteiger charge is 2.14. The van der Waals surface area contributed by atoms with Crippen LogP contribution in [0.4, 0.5) is 0 Å². The van der Waals surface area contributed by atoms with Crippen molar-refractivity contribution in [2.24, 2.45) is 0 Å². The number of rotatable bonds is 5. The molecule has 12 heavy (non-hydrogen) atoms. The molecular formula is C10H20OSi. The van der Waals surface area contributed by atoms with Crippen molar-refractivity contribution in [2.75, 3.05) is 6.61 Å². The van der Waals surface area contributed by atoms with E-state index in [-0.39, 0.29) is 6.61 Å². The van der Waals surface area contributed by atoms with Crippen LogP contribution in [0.3, 0.4) is 0 Å². The lowest BCUT2D eigenvalue weighted by Crippen LogP contribution is -2.19. The van der Waals surface area contributed by atoms with Gasteiger partial charge in [-0.15, -0.1) is 5.73 Å². The van der Waals surface area contributed by atoms with E-state index in [2.05, 4.69) is 32.0 Å². The van der Waals surface area contributed by atoms with Crippen LogP contribution in [0.1, 0.15) is 12.8 Å². The second kappa shape index (κ2) is 5.36. The van der Waals surface area contributed by atoms with E-state index in [0.717, 1.165) is 18.9 Å². The minimum absolute atomic E-state index is 0.275. The first-order chi connectivity index (χ1) is 5.49. The van der Waals surface area contributed by atoms with Crippen molar-refractivity contribution in [2.45, 2.75) is 38.5 Å². The molecule has 0 aliphatic rings. The second-order valence-electron chi connectivity index (χ2n) is 4.34. The minimum Gasteiger partial charge on any atom is -0.396 e. The van der Waals surface area contributed by atoms with E-state index >= 15 is 0 Å². The van der Waals surface area contributed by atoms with Gasteiger partial charge in [0.05, 0.1) is 0 Å². The Hall–Kier alpha value is -0.303. The molecule has 2 heteroatoms. The maximum atomic E-state index is 8.66. The third-order valence-corrected chi connectivity index (χ3v) is 3.12. The van der Waals surface area contributed by atoms with Gasteiger partial charge in [-0.25, -0.2) is 0 Å². The zero-order valence-corrected chi connectivity index (χ0v) is 9.48. The summed E-state index contributed by atoms with van der Waals surface area (Å²) in [6.45, 7) is 11.0. The standard InChI is InChI=1S/C10H20OSi/c1-5-10(7-6-8-11)9-12(2,3)4/h11H,1,6-9H2,2-4H3. The number of hydrogen-bond donors (Lipinski definition) is 1. The number of aliphatic hydroxyl groups excluding tert-OH is 1. The summed E-state index contributed by atoms with van der Waals surface area (Å²) in [6, 6.07) is 1.16. The van der Waals surface area contributed by atoms with Crippen LogP contribution in [-0.4, -0.2) is 19.8 Å².